The Kier molecular flexibility index (Phi) is 6.45. The minimum absolute atomic E-state index is 0.0192. The SMILES string of the molecule is CCCn1c(N)c(C(=O)COC(=O)c2ccc(Cl)cc2Cl)c(=O)n(C)c1=O. The fourth-order valence-electron chi connectivity index (χ4n) is 2.42. The van der Waals surface area contributed by atoms with Gasteiger partial charge in [0, 0.05) is 18.6 Å². The van der Waals surface area contributed by atoms with E-state index in [1.54, 1.807) is 0 Å². The Bertz CT molecular complexity index is 1030. The van der Waals surface area contributed by atoms with Crippen molar-refractivity contribution < 1.29 is 14.3 Å². The zero-order chi connectivity index (χ0) is 20.3. The minimum Gasteiger partial charge on any atom is -0.454 e. The number of nitrogens with zero attached hydrogens (tertiary/aromatic N) is 2. The van der Waals surface area contributed by atoms with Gasteiger partial charge in [0.2, 0.25) is 5.78 Å². The molecular formula is C17H17Cl2N3O5. The van der Waals surface area contributed by atoms with Crippen LogP contribution in [0.1, 0.15) is 34.1 Å². The number of Topliss-reactive ketones (excluding diaryl/α,β-unsaturated/α-hetero) is 1. The molecule has 0 aliphatic heterocycles. The summed E-state index contributed by atoms with van der Waals surface area (Å²) in [6, 6.07) is 4.16. The quantitative estimate of drug-likeness (QED) is 0.571. The van der Waals surface area contributed by atoms with Crippen LogP contribution in [0.4, 0.5) is 5.82 Å². The highest BCUT2D eigenvalue weighted by Crippen LogP contribution is 2.21. The zero-order valence-corrected chi connectivity index (χ0v) is 16.1. The number of carbonyl (C=O) groups excluding carboxylic acids is 2. The van der Waals surface area contributed by atoms with Gasteiger partial charge in [0.15, 0.2) is 6.61 Å². The summed E-state index contributed by atoms with van der Waals surface area (Å²) in [6.07, 6.45) is 0.569. The Morgan fingerprint density at radius 1 is 1.22 bits per heavy atom. The highest BCUT2D eigenvalue weighted by atomic mass is 35.5. The molecule has 0 atom stereocenters. The van der Waals surface area contributed by atoms with Gasteiger partial charge >= 0.3 is 11.7 Å². The van der Waals surface area contributed by atoms with Crippen molar-refractivity contribution in [2.75, 3.05) is 12.3 Å². The fourth-order valence-corrected chi connectivity index (χ4v) is 2.91. The van der Waals surface area contributed by atoms with E-state index < -0.39 is 35.2 Å². The Labute approximate surface area is 164 Å². The maximum Gasteiger partial charge on any atom is 0.340 e. The minimum atomic E-state index is -0.859. The maximum absolute atomic E-state index is 12.4. The molecule has 0 spiro atoms. The van der Waals surface area contributed by atoms with Crippen LogP contribution in [-0.2, 0) is 18.3 Å². The summed E-state index contributed by atoms with van der Waals surface area (Å²) < 4.78 is 6.86. The van der Waals surface area contributed by atoms with E-state index in [1.807, 2.05) is 6.92 Å². The number of hydrogen-bond acceptors (Lipinski definition) is 6. The Balaban J connectivity index is 2.29. The summed E-state index contributed by atoms with van der Waals surface area (Å²) in [5.74, 6) is -1.94. The topological polar surface area (TPSA) is 113 Å². The molecule has 10 heteroatoms. The molecule has 0 unspecified atom stereocenters. The lowest BCUT2D eigenvalue weighted by Gasteiger charge is -2.14. The van der Waals surface area contributed by atoms with Crippen molar-refractivity contribution in [1.82, 2.24) is 9.13 Å². The van der Waals surface area contributed by atoms with Gasteiger partial charge in [0.1, 0.15) is 11.4 Å². The molecule has 0 fully saturated rings. The third-order valence-corrected chi connectivity index (χ3v) is 4.34. The molecule has 1 aromatic heterocycles. The summed E-state index contributed by atoms with van der Waals surface area (Å²) in [5.41, 5.74) is 3.99. The molecule has 0 amide bonds. The van der Waals surface area contributed by atoms with Crippen LogP contribution < -0.4 is 17.0 Å². The normalized spacial score (nSPS) is 10.7. The Morgan fingerprint density at radius 2 is 1.89 bits per heavy atom. The monoisotopic (exact) mass is 413 g/mol. The van der Waals surface area contributed by atoms with E-state index in [9.17, 15) is 19.2 Å². The van der Waals surface area contributed by atoms with Crippen LogP contribution in [0.5, 0.6) is 0 Å². The molecule has 27 heavy (non-hydrogen) atoms. The summed E-state index contributed by atoms with van der Waals surface area (Å²) >= 11 is 11.7. The first-order chi connectivity index (χ1) is 12.7. The number of nitrogen functional groups attached to an aromatic ring is 1. The molecule has 0 aliphatic carbocycles. The van der Waals surface area contributed by atoms with Gasteiger partial charge in [0.25, 0.3) is 5.56 Å². The maximum atomic E-state index is 12.4. The molecule has 1 aromatic carbocycles. The van der Waals surface area contributed by atoms with Crippen molar-refractivity contribution in [1.29, 1.82) is 0 Å². The number of esters is 1. The molecule has 1 heterocycles. The summed E-state index contributed by atoms with van der Waals surface area (Å²) in [6.45, 7) is 1.32. The van der Waals surface area contributed by atoms with E-state index in [1.165, 1.54) is 25.2 Å². The van der Waals surface area contributed by atoms with Crippen LogP contribution in [0.3, 0.4) is 0 Å². The summed E-state index contributed by atoms with van der Waals surface area (Å²) in [7, 11) is 1.24. The third-order valence-electron chi connectivity index (χ3n) is 3.79. The van der Waals surface area contributed by atoms with E-state index in [2.05, 4.69) is 0 Å². The average Bonchev–Trinajstić information content (AvgIpc) is 2.61. The van der Waals surface area contributed by atoms with Gasteiger partial charge < -0.3 is 10.5 Å². The average molecular weight is 414 g/mol. The van der Waals surface area contributed by atoms with Crippen LogP contribution >= 0.6 is 23.2 Å². The van der Waals surface area contributed by atoms with Gasteiger partial charge in [-0.25, -0.2) is 9.59 Å². The van der Waals surface area contributed by atoms with Crippen LogP contribution in [0.15, 0.2) is 27.8 Å². The number of nitrogens with two attached hydrogens (primary N) is 1. The predicted octanol–water partition coefficient (Wildman–Crippen LogP) is 1.89. The lowest BCUT2D eigenvalue weighted by Crippen LogP contribution is -2.43. The van der Waals surface area contributed by atoms with Crippen molar-refractivity contribution in [3.63, 3.8) is 0 Å². The third kappa shape index (κ3) is 4.23. The molecule has 2 rings (SSSR count). The van der Waals surface area contributed by atoms with E-state index in [0.717, 1.165) is 9.13 Å². The smallest absolute Gasteiger partial charge is 0.340 e. The Morgan fingerprint density at radius 3 is 2.48 bits per heavy atom. The van der Waals surface area contributed by atoms with Crippen molar-refractivity contribution in [3.05, 3.63) is 60.2 Å². The number of anilines is 1. The molecule has 0 saturated carbocycles. The standard InChI is InChI=1S/C17H17Cl2N3O5/c1-3-6-22-14(20)13(15(24)21(2)17(22)26)12(23)8-27-16(25)10-5-4-9(18)7-11(10)19/h4-5,7H,3,6,8,20H2,1-2H3. The number of benzene rings is 1. The molecule has 2 aromatic rings. The van der Waals surface area contributed by atoms with E-state index in [0.29, 0.717) is 11.4 Å². The van der Waals surface area contributed by atoms with Crippen molar-refractivity contribution in [2.24, 2.45) is 7.05 Å². The molecule has 0 bridgehead atoms. The van der Waals surface area contributed by atoms with Crippen molar-refractivity contribution in [3.8, 4) is 0 Å². The lowest BCUT2D eigenvalue weighted by atomic mass is 10.2. The van der Waals surface area contributed by atoms with Crippen LogP contribution in [0, 0.1) is 0 Å². The van der Waals surface area contributed by atoms with Crippen LogP contribution in [0.25, 0.3) is 0 Å². The molecule has 2 N–H and O–H groups in total. The second kappa shape index (κ2) is 8.41. The predicted molar refractivity (Wildman–Crippen MR) is 102 cm³/mol. The van der Waals surface area contributed by atoms with Crippen LogP contribution in [-0.4, -0.2) is 27.5 Å². The number of ether oxygens (including phenoxy) is 1. The van der Waals surface area contributed by atoms with E-state index >= 15 is 0 Å². The first-order valence-electron chi connectivity index (χ1n) is 7.93. The fraction of sp³-hybridized carbons (Fsp3) is 0.294. The van der Waals surface area contributed by atoms with Gasteiger partial charge in [-0.1, -0.05) is 30.1 Å². The molecular weight excluding hydrogens is 397 g/mol. The summed E-state index contributed by atoms with van der Waals surface area (Å²) in [5, 5.41) is 0.397. The van der Waals surface area contributed by atoms with Crippen molar-refractivity contribution >= 4 is 40.8 Å². The number of ketones is 1. The molecule has 144 valence electrons. The molecule has 0 radical (unpaired) electrons. The Hall–Kier alpha value is -2.58. The van der Waals surface area contributed by atoms with E-state index in [-0.39, 0.29) is 22.9 Å². The second-order valence-corrected chi connectivity index (χ2v) is 6.53. The number of halogens is 2. The summed E-state index contributed by atoms with van der Waals surface area (Å²) in [4.78, 5) is 48.9. The van der Waals surface area contributed by atoms with Gasteiger partial charge in [-0.05, 0) is 24.6 Å². The van der Waals surface area contributed by atoms with Crippen molar-refractivity contribution in [2.45, 2.75) is 19.9 Å². The highest BCUT2D eigenvalue weighted by Gasteiger charge is 2.23. The number of rotatable bonds is 6. The number of aromatic nitrogens is 2. The lowest BCUT2D eigenvalue weighted by molar-refractivity contribution is 0.0474. The van der Waals surface area contributed by atoms with Gasteiger partial charge in [-0.15, -0.1) is 0 Å². The highest BCUT2D eigenvalue weighted by molar-refractivity contribution is 6.36. The number of carbonyl (C=O) groups is 2. The largest absolute Gasteiger partial charge is 0.454 e. The van der Waals surface area contributed by atoms with Gasteiger partial charge in [0.05, 0.1) is 10.6 Å². The van der Waals surface area contributed by atoms with Crippen LogP contribution in [0.2, 0.25) is 10.0 Å². The molecule has 0 saturated heterocycles. The first-order valence-corrected chi connectivity index (χ1v) is 8.69. The first kappa shape index (κ1) is 20.7. The zero-order valence-electron chi connectivity index (χ0n) is 14.6. The number of hydrogen-bond donors (Lipinski definition) is 1. The van der Waals surface area contributed by atoms with E-state index in [4.69, 9.17) is 33.7 Å². The molecule has 8 nitrogen and oxygen atoms in total. The van der Waals surface area contributed by atoms with Gasteiger partial charge in [-0.2, -0.15) is 0 Å². The second-order valence-electron chi connectivity index (χ2n) is 5.68. The van der Waals surface area contributed by atoms with Gasteiger partial charge in [-0.3, -0.25) is 18.7 Å². The molecule has 0 aliphatic rings.